The molecule has 2 rings (SSSR count). The lowest BCUT2D eigenvalue weighted by Gasteiger charge is -2.18. The topological polar surface area (TPSA) is 30.7 Å². The van der Waals surface area contributed by atoms with Crippen molar-refractivity contribution >= 4 is 0 Å². The van der Waals surface area contributed by atoms with Gasteiger partial charge in [0.1, 0.15) is 5.82 Å². The fourth-order valence-corrected chi connectivity index (χ4v) is 1.70. The number of hydrogen-bond donors (Lipinski definition) is 0. The second-order valence-corrected chi connectivity index (χ2v) is 5.43. The van der Waals surface area contributed by atoms with Gasteiger partial charge in [0, 0.05) is 12.6 Å². The molecule has 17 heavy (non-hydrogen) atoms. The van der Waals surface area contributed by atoms with Gasteiger partial charge in [-0.25, -0.2) is 4.98 Å². The van der Waals surface area contributed by atoms with Crippen LogP contribution in [-0.2, 0) is 12.5 Å². The van der Waals surface area contributed by atoms with Crippen molar-refractivity contribution in [3.05, 3.63) is 35.7 Å². The maximum Gasteiger partial charge on any atom is 0.181 e. The summed E-state index contributed by atoms with van der Waals surface area (Å²) in [6.45, 7) is 8.60. The van der Waals surface area contributed by atoms with Gasteiger partial charge in [0.15, 0.2) is 5.82 Å². The van der Waals surface area contributed by atoms with Gasteiger partial charge in [0.2, 0.25) is 0 Å². The maximum atomic E-state index is 4.42. The minimum Gasteiger partial charge on any atom is -0.253 e. The Morgan fingerprint density at radius 2 is 1.65 bits per heavy atom. The van der Waals surface area contributed by atoms with Crippen LogP contribution in [-0.4, -0.2) is 14.8 Å². The fraction of sp³-hybridized carbons (Fsp3) is 0.429. The second kappa shape index (κ2) is 3.99. The van der Waals surface area contributed by atoms with Crippen LogP contribution >= 0.6 is 0 Å². The predicted molar refractivity (Wildman–Crippen MR) is 69.9 cm³/mol. The van der Waals surface area contributed by atoms with Crippen LogP contribution in [0.5, 0.6) is 0 Å². The van der Waals surface area contributed by atoms with E-state index in [1.807, 2.05) is 14.0 Å². The first kappa shape index (κ1) is 11.8. The van der Waals surface area contributed by atoms with E-state index in [1.54, 1.807) is 4.68 Å². The molecule has 0 saturated carbocycles. The van der Waals surface area contributed by atoms with E-state index in [0.717, 1.165) is 17.2 Å². The van der Waals surface area contributed by atoms with E-state index in [4.69, 9.17) is 0 Å². The van der Waals surface area contributed by atoms with Crippen LogP contribution in [0.2, 0.25) is 0 Å². The first-order valence-electron chi connectivity index (χ1n) is 5.86. The van der Waals surface area contributed by atoms with Crippen LogP contribution < -0.4 is 0 Å². The Morgan fingerprint density at radius 3 is 2.06 bits per heavy atom. The van der Waals surface area contributed by atoms with Crippen LogP contribution in [0.1, 0.15) is 32.2 Å². The summed E-state index contributed by atoms with van der Waals surface area (Å²) < 4.78 is 1.80. The Morgan fingerprint density at radius 1 is 1.06 bits per heavy atom. The molecule has 0 aliphatic heterocycles. The Kier molecular flexibility index (Phi) is 2.77. The van der Waals surface area contributed by atoms with Crippen molar-refractivity contribution in [2.24, 2.45) is 7.05 Å². The molecular formula is C14H19N3. The van der Waals surface area contributed by atoms with E-state index in [0.29, 0.717) is 0 Å². The molecule has 0 amide bonds. The molecule has 0 saturated heterocycles. The van der Waals surface area contributed by atoms with Gasteiger partial charge in [-0.3, -0.25) is 4.68 Å². The summed E-state index contributed by atoms with van der Waals surface area (Å²) in [6.07, 6.45) is 0. The van der Waals surface area contributed by atoms with Gasteiger partial charge in [-0.05, 0) is 17.9 Å². The van der Waals surface area contributed by atoms with Crippen LogP contribution in [0, 0.1) is 6.92 Å². The summed E-state index contributed by atoms with van der Waals surface area (Å²) in [5, 5.41) is 4.38. The molecule has 0 radical (unpaired) electrons. The predicted octanol–water partition coefficient (Wildman–Crippen LogP) is 3.09. The molecule has 3 heteroatoms. The zero-order valence-electron chi connectivity index (χ0n) is 11.2. The van der Waals surface area contributed by atoms with Crippen molar-refractivity contribution in [1.82, 2.24) is 14.8 Å². The highest BCUT2D eigenvalue weighted by atomic mass is 15.3. The van der Waals surface area contributed by atoms with Gasteiger partial charge in [-0.15, -0.1) is 0 Å². The van der Waals surface area contributed by atoms with Crippen molar-refractivity contribution in [2.45, 2.75) is 33.1 Å². The third-order valence-corrected chi connectivity index (χ3v) is 2.99. The van der Waals surface area contributed by atoms with Gasteiger partial charge in [0.05, 0.1) is 0 Å². The molecule has 0 aliphatic carbocycles. The summed E-state index contributed by atoms with van der Waals surface area (Å²) in [5.41, 5.74) is 2.59. The molecule has 0 atom stereocenters. The van der Waals surface area contributed by atoms with Crippen molar-refractivity contribution in [3.8, 4) is 11.4 Å². The van der Waals surface area contributed by atoms with E-state index < -0.39 is 0 Å². The summed E-state index contributed by atoms with van der Waals surface area (Å²) in [5.74, 6) is 1.73. The largest absolute Gasteiger partial charge is 0.253 e. The van der Waals surface area contributed by atoms with Crippen molar-refractivity contribution in [3.63, 3.8) is 0 Å². The highest BCUT2D eigenvalue weighted by Crippen LogP contribution is 2.24. The van der Waals surface area contributed by atoms with Crippen molar-refractivity contribution in [1.29, 1.82) is 0 Å². The maximum absolute atomic E-state index is 4.42. The Hall–Kier alpha value is -1.64. The highest BCUT2D eigenvalue weighted by Gasteiger charge is 2.14. The highest BCUT2D eigenvalue weighted by molar-refractivity contribution is 5.55. The molecule has 1 heterocycles. The molecular weight excluding hydrogens is 210 g/mol. The van der Waals surface area contributed by atoms with E-state index in [-0.39, 0.29) is 5.41 Å². The van der Waals surface area contributed by atoms with Crippen LogP contribution in [0.15, 0.2) is 24.3 Å². The molecule has 90 valence electrons. The Labute approximate surface area is 103 Å². The lowest BCUT2D eigenvalue weighted by atomic mass is 9.87. The number of nitrogens with zero attached hydrogens (tertiary/aromatic N) is 3. The van der Waals surface area contributed by atoms with Crippen LogP contribution in [0.3, 0.4) is 0 Å². The smallest absolute Gasteiger partial charge is 0.181 e. The Bertz CT molecular complexity index is 496. The molecule has 0 fully saturated rings. The van der Waals surface area contributed by atoms with Gasteiger partial charge < -0.3 is 0 Å². The third-order valence-electron chi connectivity index (χ3n) is 2.99. The second-order valence-electron chi connectivity index (χ2n) is 5.43. The van der Waals surface area contributed by atoms with E-state index >= 15 is 0 Å². The molecule has 2 aromatic rings. The summed E-state index contributed by atoms with van der Waals surface area (Å²) in [6, 6.07) is 8.49. The normalized spacial score (nSPS) is 11.8. The number of aryl methyl sites for hydroxylation is 2. The summed E-state index contributed by atoms with van der Waals surface area (Å²) in [4.78, 5) is 4.42. The molecule has 0 aliphatic rings. The molecule has 0 unspecified atom stereocenters. The number of rotatable bonds is 1. The van der Waals surface area contributed by atoms with E-state index in [1.165, 1.54) is 5.56 Å². The quantitative estimate of drug-likeness (QED) is 0.752. The lowest BCUT2D eigenvalue weighted by molar-refractivity contribution is 0.590. The number of aromatic nitrogens is 3. The number of benzene rings is 1. The summed E-state index contributed by atoms with van der Waals surface area (Å²) in [7, 11) is 1.91. The zero-order chi connectivity index (χ0) is 12.6. The molecule has 0 N–H and O–H groups in total. The minimum absolute atomic E-state index is 0.186. The minimum atomic E-state index is 0.186. The monoisotopic (exact) mass is 229 g/mol. The standard InChI is InChI=1S/C14H19N3/c1-10-15-13(16-17(10)5)11-6-8-12(9-7-11)14(2,3)4/h6-9H,1-5H3. The van der Waals surface area contributed by atoms with Crippen molar-refractivity contribution in [2.75, 3.05) is 0 Å². The molecule has 1 aromatic heterocycles. The Balaban J connectivity index is 2.36. The van der Waals surface area contributed by atoms with E-state index in [2.05, 4.69) is 55.1 Å². The SMILES string of the molecule is Cc1nc(-c2ccc(C(C)(C)C)cc2)nn1C. The molecule has 0 bridgehead atoms. The summed E-state index contributed by atoms with van der Waals surface area (Å²) >= 11 is 0. The van der Waals surface area contributed by atoms with Gasteiger partial charge >= 0.3 is 0 Å². The molecule has 0 spiro atoms. The lowest BCUT2D eigenvalue weighted by Crippen LogP contribution is -2.10. The van der Waals surface area contributed by atoms with Gasteiger partial charge in [0.25, 0.3) is 0 Å². The molecule has 1 aromatic carbocycles. The first-order valence-corrected chi connectivity index (χ1v) is 5.86. The van der Waals surface area contributed by atoms with Crippen molar-refractivity contribution < 1.29 is 0 Å². The third kappa shape index (κ3) is 2.38. The van der Waals surface area contributed by atoms with Gasteiger partial charge in [-0.2, -0.15) is 5.10 Å². The average molecular weight is 229 g/mol. The van der Waals surface area contributed by atoms with Crippen LogP contribution in [0.4, 0.5) is 0 Å². The fourth-order valence-electron chi connectivity index (χ4n) is 1.70. The number of hydrogen-bond acceptors (Lipinski definition) is 2. The first-order chi connectivity index (χ1) is 7.88. The van der Waals surface area contributed by atoms with Gasteiger partial charge in [-0.1, -0.05) is 45.0 Å². The molecule has 3 nitrogen and oxygen atoms in total. The average Bonchev–Trinajstić information content (AvgIpc) is 2.58. The van der Waals surface area contributed by atoms with Crippen LogP contribution in [0.25, 0.3) is 11.4 Å². The zero-order valence-corrected chi connectivity index (χ0v) is 11.2. The van der Waals surface area contributed by atoms with E-state index in [9.17, 15) is 0 Å².